The maximum atomic E-state index is 5.43. The first-order valence-corrected chi connectivity index (χ1v) is 5.73. The molecule has 0 atom stereocenters. The average Bonchev–Trinajstić information content (AvgIpc) is 2.76. The molecule has 0 spiro atoms. The molecule has 16 heavy (non-hydrogen) atoms. The summed E-state index contributed by atoms with van der Waals surface area (Å²) in [5, 5.41) is 3.40. The van der Waals surface area contributed by atoms with Gasteiger partial charge in [-0.2, -0.15) is 0 Å². The van der Waals surface area contributed by atoms with E-state index in [4.69, 9.17) is 5.73 Å². The van der Waals surface area contributed by atoms with Gasteiger partial charge in [-0.3, -0.25) is 0 Å². The zero-order valence-electron chi connectivity index (χ0n) is 9.37. The van der Waals surface area contributed by atoms with Crippen LogP contribution in [0.1, 0.15) is 18.4 Å². The molecule has 0 bridgehead atoms. The van der Waals surface area contributed by atoms with Gasteiger partial charge in [-0.1, -0.05) is 6.07 Å². The van der Waals surface area contributed by atoms with E-state index in [-0.39, 0.29) is 0 Å². The summed E-state index contributed by atoms with van der Waals surface area (Å²) in [7, 11) is 0. The van der Waals surface area contributed by atoms with Gasteiger partial charge in [-0.05, 0) is 43.6 Å². The van der Waals surface area contributed by atoms with Gasteiger partial charge in [0.2, 0.25) is 0 Å². The lowest BCUT2D eigenvalue weighted by Gasteiger charge is -2.04. The molecule has 2 rings (SSSR count). The first kappa shape index (κ1) is 11.1. The SMILES string of the molecule is NCCCCNCc1ccc2nc[nH]c2c1. The highest BCUT2D eigenvalue weighted by Gasteiger charge is 1.97. The smallest absolute Gasteiger partial charge is 0.0931 e. The minimum atomic E-state index is 0.780. The minimum absolute atomic E-state index is 0.780. The van der Waals surface area contributed by atoms with Crippen molar-refractivity contribution in [1.82, 2.24) is 15.3 Å². The van der Waals surface area contributed by atoms with Gasteiger partial charge >= 0.3 is 0 Å². The van der Waals surface area contributed by atoms with Crippen LogP contribution in [0, 0.1) is 0 Å². The molecule has 0 saturated carbocycles. The van der Waals surface area contributed by atoms with Gasteiger partial charge in [-0.15, -0.1) is 0 Å². The molecule has 1 aromatic carbocycles. The summed E-state index contributed by atoms with van der Waals surface area (Å²) in [5.74, 6) is 0. The van der Waals surface area contributed by atoms with Gasteiger partial charge in [0.05, 0.1) is 17.4 Å². The standard InChI is InChI=1S/C12H18N4/c13-5-1-2-6-14-8-10-3-4-11-12(7-10)16-9-15-11/h3-4,7,9,14H,1-2,5-6,8,13H2,(H,15,16). The molecule has 0 fully saturated rings. The van der Waals surface area contributed by atoms with Crippen LogP contribution in [0.15, 0.2) is 24.5 Å². The lowest BCUT2D eigenvalue weighted by atomic mass is 10.2. The van der Waals surface area contributed by atoms with E-state index in [9.17, 15) is 0 Å². The van der Waals surface area contributed by atoms with E-state index in [0.717, 1.165) is 43.5 Å². The van der Waals surface area contributed by atoms with Gasteiger partial charge in [0, 0.05) is 6.54 Å². The molecule has 4 N–H and O–H groups in total. The summed E-state index contributed by atoms with van der Waals surface area (Å²) >= 11 is 0. The van der Waals surface area contributed by atoms with Crippen LogP contribution in [0.3, 0.4) is 0 Å². The molecular weight excluding hydrogens is 200 g/mol. The molecule has 0 amide bonds. The van der Waals surface area contributed by atoms with Crippen LogP contribution in [0.4, 0.5) is 0 Å². The lowest BCUT2D eigenvalue weighted by molar-refractivity contribution is 0.628. The Bertz CT molecular complexity index is 435. The van der Waals surface area contributed by atoms with Gasteiger partial charge in [0.1, 0.15) is 0 Å². The molecule has 1 aromatic heterocycles. The quantitative estimate of drug-likeness (QED) is 0.642. The van der Waals surface area contributed by atoms with E-state index in [1.165, 1.54) is 5.56 Å². The lowest BCUT2D eigenvalue weighted by Crippen LogP contribution is -2.15. The van der Waals surface area contributed by atoms with Crippen LogP contribution in [0.25, 0.3) is 11.0 Å². The number of unbranched alkanes of at least 4 members (excludes halogenated alkanes) is 1. The van der Waals surface area contributed by atoms with Crippen LogP contribution in [0.5, 0.6) is 0 Å². The fourth-order valence-corrected chi connectivity index (χ4v) is 1.72. The number of aromatic nitrogens is 2. The predicted octanol–water partition coefficient (Wildman–Crippen LogP) is 1.39. The van der Waals surface area contributed by atoms with Crippen molar-refractivity contribution in [3.05, 3.63) is 30.1 Å². The minimum Gasteiger partial charge on any atom is -0.345 e. The van der Waals surface area contributed by atoms with Crippen molar-refractivity contribution in [3.8, 4) is 0 Å². The number of fused-ring (bicyclic) bond motifs is 1. The first-order chi connectivity index (χ1) is 7.90. The highest BCUT2D eigenvalue weighted by molar-refractivity contribution is 5.74. The Balaban J connectivity index is 1.84. The number of nitrogens with one attached hydrogen (secondary N) is 2. The molecule has 86 valence electrons. The second-order valence-electron chi connectivity index (χ2n) is 3.93. The predicted molar refractivity (Wildman–Crippen MR) is 66.1 cm³/mol. The number of hydrogen-bond acceptors (Lipinski definition) is 3. The molecule has 0 radical (unpaired) electrons. The van der Waals surface area contributed by atoms with E-state index >= 15 is 0 Å². The third-order valence-corrected chi connectivity index (χ3v) is 2.62. The Hall–Kier alpha value is -1.39. The zero-order chi connectivity index (χ0) is 11.2. The van der Waals surface area contributed by atoms with Gasteiger partial charge in [0.15, 0.2) is 0 Å². The number of H-pyrrole nitrogens is 1. The second-order valence-corrected chi connectivity index (χ2v) is 3.93. The Labute approximate surface area is 95.3 Å². The summed E-state index contributed by atoms with van der Waals surface area (Å²) < 4.78 is 0. The molecule has 1 heterocycles. The number of rotatable bonds is 6. The van der Waals surface area contributed by atoms with Gasteiger partial charge < -0.3 is 16.0 Å². The molecule has 0 aliphatic carbocycles. The summed E-state index contributed by atoms with van der Waals surface area (Å²) in [6.45, 7) is 2.71. The van der Waals surface area contributed by atoms with E-state index in [1.807, 2.05) is 6.07 Å². The summed E-state index contributed by atoms with van der Waals surface area (Å²) in [4.78, 5) is 7.31. The Morgan fingerprint density at radius 1 is 1.31 bits per heavy atom. The van der Waals surface area contributed by atoms with Crippen LogP contribution in [-0.4, -0.2) is 23.1 Å². The van der Waals surface area contributed by atoms with Crippen LogP contribution in [-0.2, 0) is 6.54 Å². The third-order valence-electron chi connectivity index (χ3n) is 2.62. The number of imidazole rings is 1. The zero-order valence-corrected chi connectivity index (χ0v) is 9.37. The van der Waals surface area contributed by atoms with Crippen molar-refractivity contribution in [2.75, 3.05) is 13.1 Å². The largest absolute Gasteiger partial charge is 0.345 e. The fraction of sp³-hybridized carbons (Fsp3) is 0.417. The Morgan fingerprint density at radius 3 is 3.12 bits per heavy atom. The third kappa shape index (κ3) is 2.81. The van der Waals surface area contributed by atoms with Crippen molar-refractivity contribution in [2.24, 2.45) is 5.73 Å². The van der Waals surface area contributed by atoms with Crippen LogP contribution in [0.2, 0.25) is 0 Å². The van der Waals surface area contributed by atoms with E-state index in [2.05, 4.69) is 27.4 Å². The highest BCUT2D eigenvalue weighted by Crippen LogP contribution is 2.11. The number of nitrogens with two attached hydrogens (primary N) is 1. The molecular formula is C12H18N4. The summed E-state index contributed by atoms with van der Waals surface area (Å²) in [5.41, 5.74) is 8.83. The summed E-state index contributed by atoms with van der Waals surface area (Å²) in [6.07, 6.45) is 3.96. The van der Waals surface area contributed by atoms with E-state index in [1.54, 1.807) is 6.33 Å². The molecule has 4 heteroatoms. The molecule has 0 saturated heterocycles. The monoisotopic (exact) mass is 218 g/mol. The number of hydrogen-bond donors (Lipinski definition) is 3. The highest BCUT2D eigenvalue weighted by atomic mass is 14.9. The molecule has 2 aromatic rings. The Kier molecular flexibility index (Phi) is 3.91. The van der Waals surface area contributed by atoms with Crippen LogP contribution >= 0.6 is 0 Å². The molecule has 0 unspecified atom stereocenters. The van der Waals surface area contributed by atoms with Crippen molar-refractivity contribution in [2.45, 2.75) is 19.4 Å². The van der Waals surface area contributed by atoms with Crippen molar-refractivity contribution < 1.29 is 0 Å². The Morgan fingerprint density at radius 2 is 2.25 bits per heavy atom. The van der Waals surface area contributed by atoms with Crippen molar-refractivity contribution in [3.63, 3.8) is 0 Å². The maximum Gasteiger partial charge on any atom is 0.0931 e. The second kappa shape index (κ2) is 5.63. The van der Waals surface area contributed by atoms with Crippen molar-refractivity contribution >= 4 is 11.0 Å². The number of nitrogens with zero attached hydrogens (tertiary/aromatic N) is 1. The molecule has 4 nitrogen and oxygen atoms in total. The molecule has 0 aliphatic heterocycles. The number of benzene rings is 1. The van der Waals surface area contributed by atoms with Gasteiger partial charge in [0.25, 0.3) is 0 Å². The maximum absolute atomic E-state index is 5.43. The van der Waals surface area contributed by atoms with Crippen molar-refractivity contribution in [1.29, 1.82) is 0 Å². The average molecular weight is 218 g/mol. The van der Waals surface area contributed by atoms with E-state index in [0.29, 0.717) is 0 Å². The number of aromatic amines is 1. The van der Waals surface area contributed by atoms with Gasteiger partial charge in [-0.25, -0.2) is 4.98 Å². The van der Waals surface area contributed by atoms with E-state index < -0.39 is 0 Å². The molecule has 0 aliphatic rings. The fourth-order valence-electron chi connectivity index (χ4n) is 1.72. The first-order valence-electron chi connectivity index (χ1n) is 5.73. The topological polar surface area (TPSA) is 66.7 Å². The van der Waals surface area contributed by atoms with Crippen LogP contribution < -0.4 is 11.1 Å². The summed E-state index contributed by atoms with van der Waals surface area (Å²) in [6, 6.07) is 6.29. The normalized spacial score (nSPS) is 11.1.